The van der Waals surface area contributed by atoms with E-state index in [1.54, 1.807) is 13.1 Å². The number of oxazole rings is 1. The lowest BCUT2D eigenvalue weighted by molar-refractivity contribution is -0.143. The number of esters is 1. The Morgan fingerprint density at radius 3 is 3.00 bits per heavy atom. The molecule has 1 rings (SSSR count). The zero-order chi connectivity index (χ0) is 9.68. The van der Waals surface area contributed by atoms with Crippen LogP contribution in [0.1, 0.15) is 25.0 Å². The molecular weight excluding hydrogens is 170 g/mol. The molecular formula is C9H13NO3. The molecule has 4 heteroatoms. The van der Waals surface area contributed by atoms with Gasteiger partial charge < -0.3 is 9.15 Å². The first-order valence-electron chi connectivity index (χ1n) is 4.29. The smallest absolute Gasteiger partial charge is 0.306 e. The third-order valence-electron chi connectivity index (χ3n) is 1.52. The SMILES string of the molecule is CCOC(=O)CCc1ncc(C)o1. The molecule has 0 spiro atoms. The van der Waals surface area contributed by atoms with Crippen LogP contribution < -0.4 is 0 Å². The summed E-state index contributed by atoms with van der Waals surface area (Å²) in [6.45, 7) is 4.03. The third-order valence-corrected chi connectivity index (χ3v) is 1.52. The number of aromatic nitrogens is 1. The average molecular weight is 183 g/mol. The molecule has 1 heterocycles. The monoisotopic (exact) mass is 183 g/mol. The molecule has 1 aromatic heterocycles. The molecule has 72 valence electrons. The summed E-state index contributed by atoms with van der Waals surface area (Å²) in [5.74, 6) is 1.14. The van der Waals surface area contributed by atoms with E-state index in [1.807, 2.05) is 6.92 Å². The molecule has 0 saturated heterocycles. The molecule has 0 bridgehead atoms. The minimum atomic E-state index is -0.210. The molecule has 1 aromatic rings. The molecule has 0 atom stereocenters. The van der Waals surface area contributed by atoms with Crippen LogP contribution in [0.3, 0.4) is 0 Å². The molecule has 0 aromatic carbocycles. The van der Waals surface area contributed by atoms with Crippen molar-refractivity contribution in [1.29, 1.82) is 0 Å². The Morgan fingerprint density at radius 2 is 2.46 bits per heavy atom. The van der Waals surface area contributed by atoms with Crippen LogP contribution in [0.5, 0.6) is 0 Å². The van der Waals surface area contributed by atoms with Crippen LogP contribution in [0.2, 0.25) is 0 Å². The zero-order valence-corrected chi connectivity index (χ0v) is 7.87. The minimum absolute atomic E-state index is 0.210. The van der Waals surface area contributed by atoms with Crippen molar-refractivity contribution in [3.63, 3.8) is 0 Å². The summed E-state index contributed by atoms with van der Waals surface area (Å²) in [6, 6.07) is 0. The van der Waals surface area contributed by atoms with Gasteiger partial charge in [0, 0.05) is 6.42 Å². The van der Waals surface area contributed by atoms with Gasteiger partial charge in [0.25, 0.3) is 0 Å². The quantitative estimate of drug-likeness (QED) is 0.663. The summed E-state index contributed by atoms with van der Waals surface area (Å²) in [5, 5.41) is 0. The Balaban J connectivity index is 2.30. The number of rotatable bonds is 4. The zero-order valence-electron chi connectivity index (χ0n) is 7.87. The van der Waals surface area contributed by atoms with Crippen LogP contribution in [0, 0.1) is 6.92 Å². The van der Waals surface area contributed by atoms with E-state index in [-0.39, 0.29) is 5.97 Å². The van der Waals surface area contributed by atoms with Gasteiger partial charge in [0.15, 0.2) is 5.89 Å². The normalized spacial score (nSPS) is 10.0. The van der Waals surface area contributed by atoms with Gasteiger partial charge in [-0.3, -0.25) is 4.79 Å². The second-order valence-corrected chi connectivity index (χ2v) is 2.67. The molecule has 0 N–H and O–H groups in total. The van der Waals surface area contributed by atoms with E-state index in [9.17, 15) is 4.79 Å². The Hall–Kier alpha value is -1.32. The van der Waals surface area contributed by atoms with E-state index in [0.29, 0.717) is 25.3 Å². The number of ether oxygens (including phenoxy) is 1. The standard InChI is InChI=1S/C9H13NO3/c1-3-12-9(11)5-4-8-10-6-7(2)13-8/h6H,3-5H2,1-2H3. The Bertz CT molecular complexity index is 280. The lowest BCUT2D eigenvalue weighted by Crippen LogP contribution is -2.05. The number of aryl methyl sites for hydroxylation is 2. The number of hydrogen-bond acceptors (Lipinski definition) is 4. The molecule has 0 aliphatic rings. The van der Waals surface area contributed by atoms with E-state index in [0.717, 1.165) is 5.76 Å². The van der Waals surface area contributed by atoms with Gasteiger partial charge in [-0.2, -0.15) is 0 Å². The molecule has 0 fully saturated rings. The Morgan fingerprint density at radius 1 is 1.69 bits per heavy atom. The summed E-state index contributed by atoms with van der Waals surface area (Å²) in [5.41, 5.74) is 0. The van der Waals surface area contributed by atoms with Crippen LogP contribution in [-0.4, -0.2) is 17.6 Å². The molecule has 0 aliphatic heterocycles. The summed E-state index contributed by atoms with van der Waals surface area (Å²) in [6.07, 6.45) is 2.47. The van der Waals surface area contributed by atoms with Crippen molar-refractivity contribution < 1.29 is 13.9 Å². The fourth-order valence-electron chi connectivity index (χ4n) is 0.959. The van der Waals surface area contributed by atoms with E-state index < -0.39 is 0 Å². The van der Waals surface area contributed by atoms with Gasteiger partial charge in [-0.15, -0.1) is 0 Å². The van der Waals surface area contributed by atoms with Crippen LogP contribution in [0.25, 0.3) is 0 Å². The van der Waals surface area contributed by atoms with Crippen LogP contribution in [-0.2, 0) is 16.0 Å². The highest BCUT2D eigenvalue weighted by Crippen LogP contribution is 2.04. The van der Waals surface area contributed by atoms with Gasteiger partial charge in [0.05, 0.1) is 19.2 Å². The Labute approximate surface area is 76.9 Å². The lowest BCUT2D eigenvalue weighted by Gasteiger charge is -1.98. The molecule has 0 aliphatic carbocycles. The van der Waals surface area contributed by atoms with Crippen molar-refractivity contribution in [2.75, 3.05) is 6.61 Å². The highest BCUT2D eigenvalue weighted by atomic mass is 16.5. The molecule has 13 heavy (non-hydrogen) atoms. The third kappa shape index (κ3) is 3.27. The summed E-state index contributed by atoms with van der Waals surface area (Å²) in [7, 11) is 0. The van der Waals surface area contributed by atoms with Crippen molar-refractivity contribution in [3.8, 4) is 0 Å². The predicted octanol–water partition coefficient (Wildman–Crippen LogP) is 1.48. The van der Waals surface area contributed by atoms with Gasteiger partial charge in [-0.05, 0) is 13.8 Å². The summed E-state index contributed by atoms with van der Waals surface area (Å²) in [4.78, 5) is 14.9. The fourth-order valence-corrected chi connectivity index (χ4v) is 0.959. The van der Waals surface area contributed by atoms with Gasteiger partial charge in [-0.25, -0.2) is 4.98 Å². The van der Waals surface area contributed by atoms with Gasteiger partial charge in [0.2, 0.25) is 0 Å². The van der Waals surface area contributed by atoms with Crippen molar-refractivity contribution >= 4 is 5.97 Å². The molecule has 0 saturated carbocycles. The second-order valence-electron chi connectivity index (χ2n) is 2.67. The molecule has 0 radical (unpaired) electrons. The van der Waals surface area contributed by atoms with Crippen molar-refractivity contribution in [2.45, 2.75) is 26.7 Å². The number of carbonyl (C=O) groups is 1. The maximum absolute atomic E-state index is 10.9. The first-order valence-corrected chi connectivity index (χ1v) is 4.29. The highest BCUT2D eigenvalue weighted by Gasteiger charge is 2.05. The number of hydrogen-bond donors (Lipinski definition) is 0. The highest BCUT2D eigenvalue weighted by molar-refractivity contribution is 5.69. The average Bonchev–Trinajstić information content (AvgIpc) is 2.49. The maximum atomic E-state index is 10.9. The van der Waals surface area contributed by atoms with E-state index in [2.05, 4.69) is 4.98 Å². The largest absolute Gasteiger partial charge is 0.466 e. The van der Waals surface area contributed by atoms with Crippen molar-refractivity contribution in [2.24, 2.45) is 0 Å². The van der Waals surface area contributed by atoms with Crippen molar-refractivity contribution in [1.82, 2.24) is 4.98 Å². The van der Waals surface area contributed by atoms with Crippen molar-refractivity contribution in [3.05, 3.63) is 17.8 Å². The fraction of sp³-hybridized carbons (Fsp3) is 0.556. The lowest BCUT2D eigenvalue weighted by atomic mass is 10.3. The predicted molar refractivity (Wildman–Crippen MR) is 46.2 cm³/mol. The summed E-state index contributed by atoms with van der Waals surface area (Å²) >= 11 is 0. The molecule has 4 nitrogen and oxygen atoms in total. The minimum Gasteiger partial charge on any atom is -0.466 e. The second kappa shape index (κ2) is 4.64. The van der Waals surface area contributed by atoms with Gasteiger partial charge >= 0.3 is 5.97 Å². The maximum Gasteiger partial charge on any atom is 0.306 e. The van der Waals surface area contributed by atoms with Crippen LogP contribution in [0.4, 0.5) is 0 Å². The Kier molecular flexibility index (Phi) is 3.49. The van der Waals surface area contributed by atoms with E-state index in [4.69, 9.17) is 9.15 Å². The molecule has 0 amide bonds. The van der Waals surface area contributed by atoms with E-state index >= 15 is 0 Å². The topological polar surface area (TPSA) is 52.3 Å². The first-order chi connectivity index (χ1) is 6.22. The van der Waals surface area contributed by atoms with Crippen LogP contribution in [0.15, 0.2) is 10.6 Å². The van der Waals surface area contributed by atoms with Crippen LogP contribution >= 0.6 is 0 Å². The molecule has 0 unspecified atom stereocenters. The van der Waals surface area contributed by atoms with Gasteiger partial charge in [0.1, 0.15) is 5.76 Å². The van der Waals surface area contributed by atoms with E-state index in [1.165, 1.54) is 0 Å². The first kappa shape index (κ1) is 9.77. The van der Waals surface area contributed by atoms with Gasteiger partial charge in [-0.1, -0.05) is 0 Å². The number of nitrogens with zero attached hydrogens (tertiary/aromatic N) is 1. The summed E-state index contributed by atoms with van der Waals surface area (Å²) < 4.78 is 9.96. The number of carbonyl (C=O) groups excluding carboxylic acids is 1.